The first-order valence-electron chi connectivity index (χ1n) is 3.80. The number of hydrogen-bond donors (Lipinski definition) is 0. The smallest absolute Gasteiger partial charge is 0.0701 e. The lowest BCUT2D eigenvalue weighted by atomic mass is 9.69. The summed E-state index contributed by atoms with van der Waals surface area (Å²) in [5, 5.41) is 0. The molecule has 1 saturated carbocycles. The standard InChI is InChI=1S/C8H16O/c1-4-8(9-3)6-5-7(8)2/h7H,4-6H2,1-3H3/t7?,8-/m0/s1. The van der Waals surface area contributed by atoms with E-state index in [9.17, 15) is 0 Å². The van der Waals surface area contributed by atoms with Crippen LogP contribution in [-0.4, -0.2) is 12.7 Å². The lowest BCUT2D eigenvalue weighted by Gasteiger charge is -2.46. The van der Waals surface area contributed by atoms with Crippen molar-refractivity contribution in [2.24, 2.45) is 5.92 Å². The Labute approximate surface area is 57.4 Å². The Bertz CT molecular complexity index is 89.2. The van der Waals surface area contributed by atoms with Crippen molar-refractivity contribution in [1.82, 2.24) is 0 Å². The summed E-state index contributed by atoms with van der Waals surface area (Å²) in [5.41, 5.74) is 0.264. The molecule has 1 rings (SSSR count). The summed E-state index contributed by atoms with van der Waals surface area (Å²) in [5.74, 6) is 0.785. The summed E-state index contributed by atoms with van der Waals surface area (Å²) < 4.78 is 5.44. The summed E-state index contributed by atoms with van der Waals surface area (Å²) in [6.07, 6.45) is 3.79. The predicted octanol–water partition coefficient (Wildman–Crippen LogP) is 2.21. The molecule has 0 heterocycles. The van der Waals surface area contributed by atoms with Gasteiger partial charge in [-0.3, -0.25) is 0 Å². The second-order valence-electron chi connectivity index (χ2n) is 3.06. The monoisotopic (exact) mass is 128 g/mol. The van der Waals surface area contributed by atoms with Gasteiger partial charge in [0, 0.05) is 7.11 Å². The molecule has 0 aromatic rings. The number of methoxy groups -OCH3 is 1. The van der Waals surface area contributed by atoms with Gasteiger partial charge in [-0.25, -0.2) is 0 Å². The molecule has 0 aromatic heterocycles. The van der Waals surface area contributed by atoms with E-state index in [1.165, 1.54) is 19.3 Å². The van der Waals surface area contributed by atoms with Crippen LogP contribution in [0.3, 0.4) is 0 Å². The quantitative estimate of drug-likeness (QED) is 0.554. The van der Waals surface area contributed by atoms with Crippen molar-refractivity contribution in [3.05, 3.63) is 0 Å². The van der Waals surface area contributed by atoms with Crippen LogP contribution in [0.25, 0.3) is 0 Å². The first-order valence-corrected chi connectivity index (χ1v) is 3.80. The maximum Gasteiger partial charge on any atom is 0.0701 e. The van der Waals surface area contributed by atoms with E-state index in [-0.39, 0.29) is 5.60 Å². The Morgan fingerprint density at radius 2 is 2.33 bits per heavy atom. The fraction of sp³-hybridized carbons (Fsp3) is 1.00. The third kappa shape index (κ3) is 0.877. The molecule has 9 heavy (non-hydrogen) atoms. The predicted molar refractivity (Wildman–Crippen MR) is 38.4 cm³/mol. The second kappa shape index (κ2) is 2.30. The van der Waals surface area contributed by atoms with Crippen LogP contribution in [0.5, 0.6) is 0 Å². The van der Waals surface area contributed by atoms with E-state index in [0.29, 0.717) is 0 Å². The van der Waals surface area contributed by atoms with Gasteiger partial charge in [0.25, 0.3) is 0 Å². The number of ether oxygens (including phenoxy) is 1. The molecule has 1 nitrogen and oxygen atoms in total. The first kappa shape index (κ1) is 7.07. The summed E-state index contributed by atoms with van der Waals surface area (Å²) in [6, 6.07) is 0. The van der Waals surface area contributed by atoms with Crippen molar-refractivity contribution >= 4 is 0 Å². The fourth-order valence-electron chi connectivity index (χ4n) is 1.73. The van der Waals surface area contributed by atoms with E-state index in [1.807, 2.05) is 7.11 Å². The Hall–Kier alpha value is -0.0400. The zero-order valence-electron chi connectivity index (χ0n) is 6.61. The molecule has 0 spiro atoms. The molecule has 1 heteroatoms. The summed E-state index contributed by atoms with van der Waals surface area (Å²) in [4.78, 5) is 0. The van der Waals surface area contributed by atoms with Gasteiger partial charge in [-0.05, 0) is 25.2 Å². The second-order valence-corrected chi connectivity index (χ2v) is 3.06. The molecule has 1 unspecified atom stereocenters. The molecule has 0 amide bonds. The molecule has 0 radical (unpaired) electrons. The van der Waals surface area contributed by atoms with Gasteiger partial charge in [0.15, 0.2) is 0 Å². The molecule has 0 aliphatic heterocycles. The largest absolute Gasteiger partial charge is 0.378 e. The van der Waals surface area contributed by atoms with Gasteiger partial charge in [0.05, 0.1) is 5.60 Å². The van der Waals surface area contributed by atoms with Gasteiger partial charge < -0.3 is 4.74 Å². The molecule has 1 aliphatic carbocycles. The first-order chi connectivity index (χ1) is 4.25. The van der Waals surface area contributed by atoms with E-state index in [0.717, 1.165) is 5.92 Å². The summed E-state index contributed by atoms with van der Waals surface area (Å²) in [6.45, 7) is 4.48. The zero-order valence-corrected chi connectivity index (χ0v) is 6.61. The minimum Gasteiger partial charge on any atom is -0.378 e. The normalized spacial score (nSPS) is 42.3. The minimum absolute atomic E-state index is 0.264. The number of hydrogen-bond acceptors (Lipinski definition) is 1. The van der Waals surface area contributed by atoms with Crippen LogP contribution in [0.1, 0.15) is 33.1 Å². The van der Waals surface area contributed by atoms with Crippen LogP contribution in [0, 0.1) is 5.92 Å². The topological polar surface area (TPSA) is 9.23 Å². The van der Waals surface area contributed by atoms with Crippen molar-refractivity contribution in [2.45, 2.75) is 38.7 Å². The highest BCUT2D eigenvalue weighted by Gasteiger charge is 2.42. The van der Waals surface area contributed by atoms with E-state index < -0.39 is 0 Å². The van der Waals surface area contributed by atoms with Crippen molar-refractivity contribution in [3.63, 3.8) is 0 Å². The molecule has 2 atom stereocenters. The molecule has 0 N–H and O–H groups in total. The van der Waals surface area contributed by atoms with E-state index in [2.05, 4.69) is 13.8 Å². The lowest BCUT2D eigenvalue weighted by Crippen LogP contribution is -2.46. The van der Waals surface area contributed by atoms with Crippen LogP contribution in [-0.2, 0) is 4.74 Å². The highest BCUT2D eigenvalue weighted by atomic mass is 16.5. The van der Waals surface area contributed by atoms with E-state index in [1.54, 1.807) is 0 Å². The van der Waals surface area contributed by atoms with Gasteiger partial charge in [-0.1, -0.05) is 13.8 Å². The Morgan fingerprint density at radius 1 is 1.67 bits per heavy atom. The van der Waals surface area contributed by atoms with Crippen LogP contribution < -0.4 is 0 Å². The third-order valence-corrected chi connectivity index (χ3v) is 2.90. The van der Waals surface area contributed by atoms with Gasteiger partial charge in [0.2, 0.25) is 0 Å². The Balaban J connectivity index is 2.48. The lowest BCUT2D eigenvalue weighted by molar-refractivity contribution is -0.119. The SMILES string of the molecule is CC[C@]1(OC)CCC1C. The zero-order chi connectivity index (χ0) is 6.91. The fourth-order valence-corrected chi connectivity index (χ4v) is 1.73. The maximum atomic E-state index is 5.44. The van der Waals surface area contributed by atoms with Crippen LogP contribution in [0.4, 0.5) is 0 Å². The number of rotatable bonds is 2. The summed E-state index contributed by atoms with van der Waals surface area (Å²) in [7, 11) is 1.83. The molecule has 0 aromatic carbocycles. The summed E-state index contributed by atoms with van der Waals surface area (Å²) >= 11 is 0. The van der Waals surface area contributed by atoms with Crippen LogP contribution in [0.15, 0.2) is 0 Å². The molecule has 1 aliphatic rings. The van der Waals surface area contributed by atoms with Gasteiger partial charge in [-0.15, -0.1) is 0 Å². The van der Waals surface area contributed by atoms with Crippen molar-refractivity contribution in [2.75, 3.05) is 7.11 Å². The molecule has 0 saturated heterocycles. The van der Waals surface area contributed by atoms with Crippen LogP contribution in [0.2, 0.25) is 0 Å². The molecular weight excluding hydrogens is 112 g/mol. The van der Waals surface area contributed by atoms with Crippen LogP contribution >= 0.6 is 0 Å². The average molecular weight is 128 g/mol. The van der Waals surface area contributed by atoms with Gasteiger partial charge in [0.1, 0.15) is 0 Å². The van der Waals surface area contributed by atoms with E-state index >= 15 is 0 Å². The van der Waals surface area contributed by atoms with Gasteiger partial charge >= 0.3 is 0 Å². The molecule has 54 valence electrons. The Morgan fingerprint density at radius 3 is 2.33 bits per heavy atom. The molecular formula is C8H16O. The van der Waals surface area contributed by atoms with E-state index in [4.69, 9.17) is 4.74 Å². The highest BCUT2D eigenvalue weighted by molar-refractivity contribution is 4.93. The minimum atomic E-state index is 0.264. The highest BCUT2D eigenvalue weighted by Crippen LogP contribution is 2.43. The molecule has 0 bridgehead atoms. The van der Waals surface area contributed by atoms with Crippen molar-refractivity contribution < 1.29 is 4.74 Å². The average Bonchev–Trinajstić information content (AvgIpc) is 1.89. The Kier molecular flexibility index (Phi) is 1.80. The van der Waals surface area contributed by atoms with Crippen molar-refractivity contribution in [1.29, 1.82) is 0 Å². The van der Waals surface area contributed by atoms with Crippen molar-refractivity contribution in [3.8, 4) is 0 Å². The van der Waals surface area contributed by atoms with Gasteiger partial charge in [-0.2, -0.15) is 0 Å². The maximum absolute atomic E-state index is 5.44. The third-order valence-electron chi connectivity index (χ3n) is 2.90. The molecule has 1 fully saturated rings.